The second-order valence-corrected chi connectivity index (χ2v) is 5.22. The molecule has 8 heteroatoms. The Balaban J connectivity index is 2.70. The number of nitrogens with two attached hydrogens (primary N) is 1. The largest absolute Gasteiger partial charge is 0.409 e. The van der Waals surface area contributed by atoms with Gasteiger partial charge in [-0.1, -0.05) is 33.2 Å². The van der Waals surface area contributed by atoms with Crippen LogP contribution in [0.4, 0.5) is 13.2 Å². The molecule has 112 valence electrons. The van der Waals surface area contributed by atoms with E-state index in [1.54, 1.807) is 31.2 Å². The summed E-state index contributed by atoms with van der Waals surface area (Å²) in [6.07, 6.45) is -4.57. The van der Waals surface area contributed by atoms with Crippen molar-refractivity contribution in [2.45, 2.75) is 19.1 Å². The van der Waals surface area contributed by atoms with Crippen molar-refractivity contribution in [2.24, 2.45) is 16.8 Å². The maximum atomic E-state index is 12.7. The van der Waals surface area contributed by atoms with Crippen molar-refractivity contribution < 1.29 is 18.4 Å². The molecule has 0 spiro atoms. The molecule has 1 rings (SSSR count). The summed E-state index contributed by atoms with van der Waals surface area (Å²) in [5, 5.41) is 13.6. The molecular formula is C12H15BrF3N3O. The van der Waals surface area contributed by atoms with Crippen molar-refractivity contribution in [3.63, 3.8) is 0 Å². The molecule has 0 radical (unpaired) electrons. The minimum absolute atomic E-state index is 0.292. The Labute approximate surface area is 123 Å². The summed E-state index contributed by atoms with van der Waals surface area (Å²) in [4.78, 5) is 0. The van der Waals surface area contributed by atoms with E-state index in [2.05, 4.69) is 26.4 Å². The fraction of sp³-hybridized carbons (Fsp3) is 0.417. The molecule has 2 atom stereocenters. The van der Waals surface area contributed by atoms with Gasteiger partial charge in [-0.15, -0.1) is 0 Å². The van der Waals surface area contributed by atoms with Gasteiger partial charge in [-0.25, -0.2) is 0 Å². The molecule has 0 heterocycles. The molecule has 1 aromatic rings. The fourth-order valence-electron chi connectivity index (χ4n) is 1.62. The minimum atomic E-state index is -4.57. The smallest absolute Gasteiger partial charge is 0.400 e. The zero-order valence-corrected chi connectivity index (χ0v) is 12.2. The first-order valence-electron chi connectivity index (χ1n) is 5.78. The lowest BCUT2D eigenvalue weighted by Gasteiger charge is -2.22. The van der Waals surface area contributed by atoms with E-state index >= 15 is 0 Å². The molecule has 0 fully saturated rings. The number of nitrogens with zero attached hydrogens (tertiary/aromatic N) is 1. The van der Waals surface area contributed by atoms with Crippen LogP contribution in [-0.2, 0) is 0 Å². The van der Waals surface area contributed by atoms with Gasteiger partial charge in [-0.3, -0.25) is 0 Å². The molecule has 0 aromatic heterocycles. The number of nitrogens with one attached hydrogen (secondary N) is 1. The van der Waals surface area contributed by atoms with Crippen LogP contribution >= 0.6 is 15.9 Å². The summed E-state index contributed by atoms with van der Waals surface area (Å²) >= 11 is 3.28. The lowest BCUT2D eigenvalue weighted by molar-refractivity contribution is -0.155. The highest BCUT2D eigenvalue weighted by Gasteiger charge is 2.42. The van der Waals surface area contributed by atoms with Crippen LogP contribution < -0.4 is 11.1 Å². The molecule has 0 aliphatic carbocycles. The summed E-state index contributed by atoms with van der Waals surface area (Å²) in [7, 11) is 0. The van der Waals surface area contributed by atoms with Crippen LogP contribution in [0.5, 0.6) is 0 Å². The molecule has 0 bridgehead atoms. The van der Waals surface area contributed by atoms with Crippen molar-refractivity contribution in [1.82, 2.24) is 5.32 Å². The molecule has 0 aliphatic heterocycles. The Hall–Kier alpha value is -1.28. The SMILES string of the molecule is CC(NCC(/C(N)=N/O)C(F)(F)F)c1ccc(Br)cc1. The number of alkyl halides is 3. The average molecular weight is 354 g/mol. The number of hydrogen-bond acceptors (Lipinski definition) is 3. The first-order chi connectivity index (χ1) is 9.25. The number of hydrogen-bond donors (Lipinski definition) is 3. The maximum absolute atomic E-state index is 12.7. The highest BCUT2D eigenvalue weighted by molar-refractivity contribution is 9.10. The maximum Gasteiger partial charge on any atom is 0.400 e. The van der Waals surface area contributed by atoms with Crippen molar-refractivity contribution in [3.8, 4) is 0 Å². The number of halogens is 4. The van der Waals surface area contributed by atoms with Gasteiger partial charge in [0.25, 0.3) is 0 Å². The predicted molar refractivity (Wildman–Crippen MR) is 73.5 cm³/mol. The van der Waals surface area contributed by atoms with Gasteiger partial charge in [0, 0.05) is 17.1 Å². The van der Waals surface area contributed by atoms with Gasteiger partial charge in [-0.2, -0.15) is 13.2 Å². The summed E-state index contributed by atoms with van der Waals surface area (Å²) < 4.78 is 39.1. The van der Waals surface area contributed by atoms with Gasteiger partial charge in [0.2, 0.25) is 0 Å². The Bertz CT molecular complexity index is 462. The molecule has 20 heavy (non-hydrogen) atoms. The molecule has 4 nitrogen and oxygen atoms in total. The summed E-state index contributed by atoms with van der Waals surface area (Å²) in [5.41, 5.74) is 5.92. The Kier molecular flexibility index (Phi) is 5.82. The zero-order chi connectivity index (χ0) is 15.3. The molecule has 0 aliphatic rings. The van der Waals surface area contributed by atoms with E-state index in [1.807, 2.05) is 0 Å². The molecule has 2 unspecified atom stereocenters. The highest BCUT2D eigenvalue weighted by atomic mass is 79.9. The third-order valence-electron chi connectivity index (χ3n) is 2.87. The number of benzene rings is 1. The first-order valence-corrected chi connectivity index (χ1v) is 6.58. The Morgan fingerprint density at radius 2 is 1.95 bits per heavy atom. The number of rotatable bonds is 5. The van der Waals surface area contributed by atoms with Crippen LogP contribution in [0.1, 0.15) is 18.5 Å². The van der Waals surface area contributed by atoms with Gasteiger partial charge >= 0.3 is 6.18 Å². The zero-order valence-electron chi connectivity index (χ0n) is 10.7. The van der Waals surface area contributed by atoms with E-state index in [1.165, 1.54) is 0 Å². The van der Waals surface area contributed by atoms with Crippen LogP contribution in [0.2, 0.25) is 0 Å². The van der Waals surface area contributed by atoms with E-state index in [4.69, 9.17) is 10.9 Å². The van der Waals surface area contributed by atoms with Crippen molar-refractivity contribution in [3.05, 3.63) is 34.3 Å². The fourth-order valence-corrected chi connectivity index (χ4v) is 1.89. The molecular weight excluding hydrogens is 339 g/mol. The topological polar surface area (TPSA) is 70.6 Å². The van der Waals surface area contributed by atoms with Crippen LogP contribution in [0.15, 0.2) is 33.9 Å². The summed E-state index contributed by atoms with van der Waals surface area (Å²) in [6.45, 7) is 1.28. The van der Waals surface area contributed by atoms with Crippen molar-refractivity contribution in [1.29, 1.82) is 0 Å². The van der Waals surface area contributed by atoms with Gasteiger partial charge in [0.05, 0.1) is 0 Å². The van der Waals surface area contributed by atoms with E-state index in [0.29, 0.717) is 0 Å². The average Bonchev–Trinajstić information content (AvgIpc) is 2.37. The van der Waals surface area contributed by atoms with Gasteiger partial charge < -0.3 is 16.3 Å². The normalized spacial score (nSPS) is 15.9. The monoisotopic (exact) mass is 353 g/mol. The highest BCUT2D eigenvalue weighted by Crippen LogP contribution is 2.26. The minimum Gasteiger partial charge on any atom is -0.409 e. The van der Waals surface area contributed by atoms with Crippen molar-refractivity contribution >= 4 is 21.8 Å². The van der Waals surface area contributed by atoms with E-state index < -0.39 is 24.5 Å². The number of oxime groups is 1. The van der Waals surface area contributed by atoms with Gasteiger partial charge in [-0.05, 0) is 24.6 Å². The summed E-state index contributed by atoms with van der Waals surface area (Å²) in [5.74, 6) is -2.88. The van der Waals surface area contributed by atoms with E-state index in [-0.39, 0.29) is 6.04 Å². The van der Waals surface area contributed by atoms with Gasteiger partial charge in [0.1, 0.15) is 5.92 Å². The lowest BCUT2D eigenvalue weighted by atomic mass is 10.1. The first kappa shape index (κ1) is 16.8. The molecule has 0 saturated heterocycles. The number of amidine groups is 1. The quantitative estimate of drug-likeness (QED) is 0.330. The lowest BCUT2D eigenvalue weighted by Crippen LogP contribution is -2.43. The van der Waals surface area contributed by atoms with Crippen LogP contribution in [0.25, 0.3) is 0 Å². The van der Waals surface area contributed by atoms with E-state index in [0.717, 1.165) is 10.0 Å². The van der Waals surface area contributed by atoms with Crippen LogP contribution in [0, 0.1) is 5.92 Å². The Morgan fingerprint density at radius 1 is 1.40 bits per heavy atom. The third kappa shape index (κ3) is 4.68. The predicted octanol–water partition coefficient (Wildman–Crippen LogP) is 3.02. The van der Waals surface area contributed by atoms with E-state index in [9.17, 15) is 13.2 Å². The second kappa shape index (κ2) is 6.94. The third-order valence-corrected chi connectivity index (χ3v) is 3.39. The second-order valence-electron chi connectivity index (χ2n) is 4.30. The Morgan fingerprint density at radius 3 is 2.40 bits per heavy atom. The van der Waals surface area contributed by atoms with Crippen LogP contribution in [0.3, 0.4) is 0 Å². The summed E-state index contributed by atoms with van der Waals surface area (Å²) in [6, 6.07) is 6.91. The van der Waals surface area contributed by atoms with Gasteiger partial charge in [0.15, 0.2) is 5.84 Å². The molecule has 4 N–H and O–H groups in total. The molecule has 0 amide bonds. The molecule has 1 aromatic carbocycles. The van der Waals surface area contributed by atoms with Crippen LogP contribution in [-0.4, -0.2) is 23.8 Å². The molecule has 0 saturated carbocycles. The van der Waals surface area contributed by atoms with Crippen molar-refractivity contribution in [2.75, 3.05) is 6.54 Å². The standard InChI is InChI=1S/C12H15BrF3N3O/c1-7(8-2-4-9(13)5-3-8)18-6-10(11(17)19-20)12(14,15)16/h2-5,7,10,18,20H,6H2,1H3,(H2,17,19).